The van der Waals surface area contributed by atoms with Gasteiger partial charge in [0.2, 0.25) is 0 Å². The highest BCUT2D eigenvalue weighted by molar-refractivity contribution is 6.00. The first-order chi connectivity index (χ1) is 17.0. The third-order valence-corrected chi connectivity index (χ3v) is 5.83. The number of piperazine rings is 1. The lowest BCUT2D eigenvalue weighted by molar-refractivity contribution is -0.173. The molecule has 1 aliphatic heterocycles. The fourth-order valence-electron chi connectivity index (χ4n) is 3.70. The van der Waals surface area contributed by atoms with Crippen LogP contribution in [-0.2, 0) is 11.3 Å². The van der Waals surface area contributed by atoms with Crippen LogP contribution in [-0.4, -0.2) is 73.0 Å². The van der Waals surface area contributed by atoms with Crippen molar-refractivity contribution in [2.24, 2.45) is 0 Å². The fraction of sp³-hybridized carbons (Fsp3) is 0.375. The number of hydrogen-bond donors (Lipinski definition) is 1. The number of nitrogens with one attached hydrogen (secondary N) is 1. The second kappa shape index (κ2) is 11.5. The molecule has 0 aliphatic carbocycles. The van der Waals surface area contributed by atoms with E-state index >= 15 is 0 Å². The third-order valence-electron chi connectivity index (χ3n) is 5.83. The number of ketones is 1. The number of benzene rings is 2. The van der Waals surface area contributed by atoms with Crippen LogP contribution in [0, 0.1) is 11.6 Å². The Morgan fingerprint density at radius 2 is 1.61 bits per heavy atom. The Morgan fingerprint density at radius 1 is 0.972 bits per heavy atom. The SMILES string of the molecule is CCN1CCN(C(=O)N(Cc2ccc(C(=O)CNC(=O)C(F)(F)F)cc2F)c2ccc(F)cc2)CC1. The van der Waals surface area contributed by atoms with Gasteiger partial charge in [0.25, 0.3) is 0 Å². The number of likely N-dealkylation sites (N-methyl/N-ethyl adjacent to an activating group) is 1. The molecule has 2 aromatic carbocycles. The van der Waals surface area contributed by atoms with E-state index in [9.17, 15) is 36.3 Å². The molecule has 0 atom stereocenters. The molecule has 1 N–H and O–H groups in total. The summed E-state index contributed by atoms with van der Waals surface area (Å²) in [6.07, 6.45) is -5.14. The second-order valence-electron chi connectivity index (χ2n) is 8.18. The zero-order valence-corrected chi connectivity index (χ0v) is 19.4. The standard InChI is InChI=1S/C24H25F5N4O3/c1-2-31-9-11-32(12-10-31)23(36)33(19-7-5-18(25)6-8-19)15-17-4-3-16(13-20(17)26)21(34)14-30-22(35)24(27,28)29/h3-8,13H,2,9-12,14-15H2,1H3,(H,30,35). The van der Waals surface area contributed by atoms with Crippen LogP contribution in [0.25, 0.3) is 0 Å². The van der Waals surface area contributed by atoms with Crippen LogP contribution in [0.15, 0.2) is 42.5 Å². The van der Waals surface area contributed by atoms with E-state index in [2.05, 4.69) is 4.90 Å². The van der Waals surface area contributed by atoms with E-state index in [0.29, 0.717) is 31.9 Å². The van der Waals surface area contributed by atoms with E-state index in [1.165, 1.54) is 46.6 Å². The minimum Gasteiger partial charge on any atom is -0.341 e. The van der Waals surface area contributed by atoms with Crippen LogP contribution < -0.4 is 10.2 Å². The Bertz CT molecular complexity index is 1100. The monoisotopic (exact) mass is 512 g/mol. The number of amides is 3. The summed E-state index contributed by atoms with van der Waals surface area (Å²) in [6, 6.07) is 8.04. The molecule has 3 amide bonds. The van der Waals surface area contributed by atoms with Gasteiger partial charge in [-0.3, -0.25) is 14.5 Å². The van der Waals surface area contributed by atoms with E-state index < -0.39 is 42.1 Å². The van der Waals surface area contributed by atoms with Gasteiger partial charge in [0, 0.05) is 43.0 Å². The number of urea groups is 1. The average molecular weight is 512 g/mol. The largest absolute Gasteiger partial charge is 0.471 e. The van der Waals surface area contributed by atoms with Crippen LogP contribution in [0.1, 0.15) is 22.8 Å². The maximum absolute atomic E-state index is 14.9. The van der Waals surface area contributed by atoms with Crippen molar-refractivity contribution >= 4 is 23.4 Å². The van der Waals surface area contributed by atoms with Crippen LogP contribution in [0.4, 0.5) is 32.4 Å². The van der Waals surface area contributed by atoms with Crippen LogP contribution in [0.3, 0.4) is 0 Å². The summed E-state index contributed by atoms with van der Waals surface area (Å²) in [7, 11) is 0. The molecule has 12 heteroatoms. The van der Waals surface area contributed by atoms with Crippen molar-refractivity contribution in [2.75, 3.05) is 44.2 Å². The average Bonchev–Trinajstić information content (AvgIpc) is 2.86. The predicted molar refractivity (Wildman–Crippen MR) is 121 cm³/mol. The van der Waals surface area contributed by atoms with Crippen molar-refractivity contribution in [3.05, 3.63) is 65.2 Å². The van der Waals surface area contributed by atoms with Gasteiger partial charge in [-0.05, 0) is 36.9 Å². The lowest BCUT2D eigenvalue weighted by atomic mass is 10.1. The van der Waals surface area contributed by atoms with Crippen molar-refractivity contribution in [1.82, 2.24) is 15.1 Å². The van der Waals surface area contributed by atoms with Crippen LogP contribution in [0.5, 0.6) is 0 Å². The molecule has 3 rings (SSSR count). The summed E-state index contributed by atoms with van der Waals surface area (Å²) in [5, 5.41) is 1.44. The highest BCUT2D eigenvalue weighted by atomic mass is 19.4. The molecule has 1 aliphatic rings. The highest BCUT2D eigenvalue weighted by Crippen LogP contribution is 2.23. The van der Waals surface area contributed by atoms with Gasteiger partial charge in [-0.15, -0.1) is 0 Å². The van der Waals surface area contributed by atoms with Crippen molar-refractivity contribution in [1.29, 1.82) is 0 Å². The predicted octanol–water partition coefficient (Wildman–Crippen LogP) is 3.59. The third kappa shape index (κ3) is 6.78. The number of hydrogen-bond acceptors (Lipinski definition) is 4. The summed E-state index contributed by atoms with van der Waals surface area (Å²) in [5.41, 5.74) is 0.138. The molecule has 0 radical (unpaired) electrons. The lowest BCUT2D eigenvalue weighted by Gasteiger charge is -2.37. The van der Waals surface area contributed by atoms with Gasteiger partial charge in [-0.1, -0.05) is 19.1 Å². The molecular weight excluding hydrogens is 487 g/mol. The molecule has 0 unspecified atom stereocenters. The van der Waals surface area contributed by atoms with Gasteiger partial charge in [-0.2, -0.15) is 13.2 Å². The number of rotatable bonds is 7. The molecule has 0 spiro atoms. The van der Waals surface area contributed by atoms with E-state index in [4.69, 9.17) is 0 Å². The Morgan fingerprint density at radius 3 is 2.17 bits per heavy atom. The molecule has 1 heterocycles. The first-order valence-corrected chi connectivity index (χ1v) is 11.2. The number of halogens is 5. The van der Waals surface area contributed by atoms with Gasteiger partial charge in [-0.25, -0.2) is 13.6 Å². The number of carbonyl (C=O) groups is 3. The molecule has 0 saturated carbocycles. The Hall–Kier alpha value is -3.54. The first-order valence-electron chi connectivity index (χ1n) is 11.2. The number of alkyl halides is 3. The Balaban J connectivity index is 1.77. The maximum atomic E-state index is 14.9. The van der Waals surface area contributed by atoms with Crippen molar-refractivity contribution < 1.29 is 36.3 Å². The van der Waals surface area contributed by atoms with Crippen molar-refractivity contribution in [2.45, 2.75) is 19.6 Å². The number of anilines is 1. The smallest absolute Gasteiger partial charge is 0.341 e. The second-order valence-corrected chi connectivity index (χ2v) is 8.18. The number of Topliss-reactive ketones (excluding diaryl/α,β-unsaturated/α-hetero) is 1. The molecule has 2 aromatic rings. The normalized spacial score (nSPS) is 14.4. The zero-order valence-electron chi connectivity index (χ0n) is 19.4. The highest BCUT2D eigenvalue weighted by Gasteiger charge is 2.38. The molecule has 0 aromatic heterocycles. The molecule has 1 saturated heterocycles. The van der Waals surface area contributed by atoms with E-state index in [0.717, 1.165) is 12.6 Å². The van der Waals surface area contributed by atoms with Crippen molar-refractivity contribution in [3.8, 4) is 0 Å². The van der Waals surface area contributed by atoms with Gasteiger partial charge >= 0.3 is 18.1 Å². The van der Waals surface area contributed by atoms with E-state index in [1.54, 1.807) is 4.90 Å². The molecule has 36 heavy (non-hydrogen) atoms. The van der Waals surface area contributed by atoms with Gasteiger partial charge in [0.15, 0.2) is 5.78 Å². The molecule has 0 bridgehead atoms. The maximum Gasteiger partial charge on any atom is 0.471 e. The number of carbonyl (C=O) groups excluding carboxylic acids is 3. The molecule has 1 fully saturated rings. The fourth-order valence-corrected chi connectivity index (χ4v) is 3.70. The Kier molecular flexibility index (Phi) is 8.62. The topological polar surface area (TPSA) is 73.0 Å². The summed E-state index contributed by atoms with van der Waals surface area (Å²) < 4.78 is 65.3. The summed E-state index contributed by atoms with van der Waals surface area (Å²) >= 11 is 0. The van der Waals surface area contributed by atoms with Gasteiger partial charge in [0.1, 0.15) is 11.6 Å². The minimum atomic E-state index is -5.14. The van der Waals surface area contributed by atoms with E-state index in [1.807, 2.05) is 6.92 Å². The van der Waals surface area contributed by atoms with Crippen LogP contribution >= 0.6 is 0 Å². The van der Waals surface area contributed by atoms with Crippen LogP contribution in [0.2, 0.25) is 0 Å². The summed E-state index contributed by atoms with van der Waals surface area (Å²) in [6.45, 7) is 3.95. The first kappa shape index (κ1) is 27.1. The lowest BCUT2D eigenvalue weighted by Crippen LogP contribution is -2.52. The zero-order chi connectivity index (χ0) is 26.5. The van der Waals surface area contributed by atoms with Crippen molar-refractivity contribution in [3.63, 3.8) is 0 Å². The summed E-state index contributed by atoms with van der Waals surface area (Å²) in [4.78, 5) is 41.4. The molecule has 194 valence electrons. The molecular formula is C24H25F5N4O3. The minimum absolute atomic E-state index is 0.0377. The van der Waals surface area contributed by atoms with E-state index in [-0.39, 0.29) is 17.7 Å². The summed E-state index contributed by atoms with van der Waals surface area (Å²) in [5.74, 6) is -4.56. The Labute approximate surface area is 204 Å². The molecule has 7 nitrogen and oxygen atoms in total. The number of nitrogens with zero attached hydrogens (tertiary/aromatic N) is 3. The van der Waals surface area contributed by atoms with Gasteiger partial charge in [0.05, 0.1) is 13.1 Å². The quantitative estimate of drug-likeness (QED) is 0.455. The van der Waals surface area contributed by atoms with Gasteiger partial charge < -0.3 is 15.1 Å².